The SMILES string of the molecule is Cc1cnccc1C(=O)Nc1cccc(Cl)c1Cl. The highest BCUT2D eigenvalue weighted by Crippen LogP contribution is 2.29. The fourth-order valence-corrected chi connectivity index (χ4v) is 1.87. The molecule has 0 aliphatic heterocycles. The average Bonchev–Trinajstić information content (AvgIpc) is 2.35. The van der Waals surface area contributed by atoms with Gasteiger partial charge in [-0.25, -0.2) is 0 Å². The predicted molar refractivity (Wildman–Crippen MR) is 73.4 cm³/mol. The highest BCUT2D eigenvalue weighted by molar-refractivity contribution is 6.44. The van der Waals surface area contributed by atoms with E-state index in [0.29, 0.717) is 21.3 Å². The van der Waals surface area contributed by atoms with E-state index in [4.69, 9.17) is 23.2 Å². The van der Waals surface area contributed by atoms with Crippen LogP contribution in [0.2, 0.25) is 10.0 Å². The summed E-state index contributed by atoms with van der Waals surface area (Å²) >= 11 is 11.9. The molecule has 0 unspecified atom stereocenters. The van der Waals surface area contributed by atoms with Gasteiger partial charge < -0.3 is 5.32 Å². The van der Waals surface area contributed by atoms with Crippen LogP contribution in [0.3, 0.4) is 0 Å². The van der Waals surface area contributed by atoms with Crippen LogP contribution in [-0.4, -0.2) is 10.9 Å². The molecule has 18 heavy (non-hydrogen) atoms. The molecule has 2 rings (SSSR count). The van der Waals surface area contributed by atoms with Crippen LogP contribution in [0.5, 0.6) is 0 Å². The topological polar surface area (TPSA) is 42.0 Å². The zero-order chi connectivity index (χ0) is 13.1. The minimum Gasteiger partial charge on any atom is -0.321 e. The molecule has 0 saturated heterocycles. The average molecular weight is 281 g/mol. The second kappa shape index (κ2) is 5.38. The van der Waals surface area contributed by atoms with Crippen molar-refractivity contribution in [3.8, 4) is 0 Å². The fraction of sp³-hybridized carbons (Fsp3) is 0.0769. The molecule has 0 fully saturated rings. The van der Waals surface area contributed by atoms with Gasteiger partial charge in [-0.3, -0.25) is 9.78 Å². The number of rotatable bonds is 2. The molecule has 1 aromatic heterocycles. The first kappa shape index (κ1) is 12.9. The summed E-state index contributed by atoms with van der Waals surface area (Å²) < 4.78 is 0. The number of anilines is 1. The first-order chi connectivity index (χ1) is 8.59. The second-order valence-corrected chi connectivity index (χ2v) is 4.53. The molecular weight excluding hydrogens is 271 g/mol. The Kier molecular flexibility index (Phi) is 3.84. The minimum absolute atomic E-state index is 0.237. The van der Waals surface area contributed by atoms with Gasteiger partial charge in [0.15, 0.2) is 0 Å². The number of nitrogens with zero attached hydrogens (tertiary/aromatic N) is 1. The Balaban J connectivity index is 2.27. The van der Waals surface area contributed by atoms with Gasteiger partial charge >= 0.3 is 0 Å². The summed E-state index contributed by atoms with van der Waals surface area (Å²) in [6, 6.07) is 6.74. The molecule has 3 nitrogen and oxygen atoms in total. The van der Waals surface area contributed by atoms with E-state index in [0.717, 1.165) is 5.56 Å². The molecule has 0 saturated carbocycles. The number of carbonyl (C=O) groups excluding carboxylic acids is 1. The summed E-state index contributed by atoms with van der Waals surface area (Å²) in [6.45, 7) is 1.82. The molecule has 1 amide bonds. The van der Waals surface area contributed by atoms with Gasteiger partial charge in [0.05, 0.1) is 15.7 Å². The van der Waals surface area contributed by atoms with Crippen molar-refractivity contribution in [3.63, 3.8) is 0 Å². The quantitative estimate of drug-likeness (QED) is 0.905. The van der Waals surface area contributed by atoms with Crippen LogP contribution in [-0.2, 0) is 0 Å². The molecule has 1 N–H and O–H groups in total. The van der Waals surface area contributed by atoms with E-state index in [2.05, 4.69) is 10.3 Å². The molecule has 5 heteroatoms. The maximum absolute atomic E-state index is 12.1. The molecule has 2 aromatic rings. The number of benzene rings is 1. The van der Waals surface area contributed by atoms with E-state index in [1.54, 1.807) is 36.7 Å². The van der Waals surface area contributed by atoms with Crippen LogP contribution in [0.15, 0.2) is 36.7 Å². The van der Waals surface area contributed by atoms with Crippen LogP contribution in [0, 0.1) is 6.92 Å². The van der Waals surface area contributed by atoms with Crippen molar-refractivity contribution in [2.24, 2.45) is 0 Å². The lowest BCUT2D eigenvalue weighted by atomic mass is 10.1. The van der Waals surface area contributed by atoms with Gasteiger partial charge in [-0.05, 0) is 30.7 Å². The number of carbonyl (C=O) groups is 1. The first-order valence-electron chi connectivity index (χ1n) is 5.25. The van der Waals surface area contributed by atoms with E-state index in [1.807, 2.05) is 6.92 Å². The number of aromatic nitrogens is 1. The number of aryl methyl sites for hydroxylation is 1. The van der Waals surface area contributed by atoms with Crippen molar-refractivity contribution in [2.45, 2.75) is 6.92 Å². The van der Waals surface area contributed by atoms with Crippen molar-refractivity contribution in [1.82, 2.24) is 4.98 Å². The molecule has 0 spiro atoms. The lowest BCUT2D eigenvalue weighted by molar-refractivity contribution is 0.102. The highest BCUT2D eigenvalue weighted by Gasteiger charge is 2.11. The zero-order valence-corrected chi connectivity index (χ0v) is 11.1. The van der Waals surface area contributed by atoms with Crippen molar-refractivity contribution < 1.29 is 4.79 Å². The Bertz CT molecular complexity index is 599. The number of nitrogens with one attached hydrogen (secondary N) is 1. The van der Waals surface area contributed by atoms with E-state index < -0.39 is 0 Å². The van der Waals surface area contributed by atoms with Gasteiger partial charge in [0.2, 0.25) is 0 Å². The van der Waals surface area contributed by atoms with E-state index in [1.165, 1.54) is 0 Å². The van der Waals surface area contributed by atoms with Crippen molar-refractivity contribution in [1.29, 1.82) is 0 Å². The van der Waals surface area contributed by atoms with Crippen LogP contribution in [0.1, 0.15) is 15.9 Å². The third kappa shape index (κ3) is 2.63. The van der Waals surface area contributed by atoms with Gasteiger partial charge in [-0.15, -0.1) is 0 Å². The summed E-state index contributed by atoms with van der Waals surface area (Å²) in [7, 11) is 0. The molecule has 1 heterocycles. The fourth-order valence-electron chi connectivity index (χ4n) is 1.52. The standard InChI is InChI=1S/C13H10Cl2N2O/c1-8-7-16-6-5-9(8)13(18)17-11-4-2-3-10(14)12(11)15/h2-7H,1H3,(H,17,18). The van der Waals surface area contributed by atoms with Crippen molar-refractivity contribution in [2.75, 3.05) is 5.32 Å². The Morgan fingerprint density at radius 3 is 2.78 bits per heavy atom. The lowest BCUT2D eigenvalue weighted by Crippen LogP contribution is -2.13. The summed E-state index contributed by atoms with van der Waals surface area (Å²) in [4.78, 5) is 16.0. The lowest BCUT2D eigenvalue weighted by Gasteiger charge is -2.09. The van der Waals surface area contributed by atoms with Gasteiger partial charge in [0, 0.05) is 18.0 Å². The maximum Gasteiger partial charge on any atom is 0.256 e. The molecule has 0 radical (unpaired) electrons. The van der Waals surface area contributed by atoms with Crippen molar-refractivity contribution in [3.05, 3.63) is 57.8 Å². The molecule has 0 bridgehead atoms. The van der Waals surface area contributed by atoms with E-state index in [9.17, 15) is 4.79 Å². The molecule has 0 aliphatic rings. The van der Waals surface area contributed by atoms with E-state index in [-0.39, 0.29) is 5.91 Å². The summed E-state index contributed by atoms with van der Waals surface area (Å²) in [5, 5.41) is 3.46. The van der Waals surface area contributed by atoms with Crippen LogP contribution in [0.25, 0.3) is 0 Å². The van der Waals surface area contributed by atoms with Gasteiger partial charge in [-0.2, -0.15) is 0 Å². The monoisotopic (exact) mass is 280 g/mol. The summed E-state index contributed by atoms with van der Waals surface area (Å²) in [5.74, 6) is -0.237. The third-order valence-electron chi connectivity index (χ3n) is 2.46. The number of hydrogen-bond acceptors (Lipinski definition) is 2. The highest BCUT2D eigenvalue weighted by atomic mass is 35.5. The Morgan fingerprint density at radius 2 is 2.06 bits per heavy atom. The van der Waals surface area contributed by atoms with Crippen LogP contribution >= 0.6 is 23.2 Å². The largest absolute Gasteiger partial charge is 0.321 e. The molecule has 92 valence electrons. The predicted octanol–water partition coefficient (Wildman–Crippen LogP) is 3.95. The van der Waals surface area contributed by atoms with Gasteiger partial charge in [-0.1, -0.05) is 29.3 Å². The Labute approximate surface area is 115 Å². The van der Waals surface area contributed by atoms with Gasteiger partial charge in [0.25, 0.3) is 5.91 Å². The second-order valence-electron chi connectivity index (χ2n) is 3.75. The molecule has 0 atom stereocenters. The smallest absolute Gasteiger partial charge is 0.256 e. The van der Waals surface area contributed by atoms with Crippen LogP contribution < -0.4 is 5.32 Å². The maximum atomic E-state index is 12.1. The van der Waals surface area contributed by atoms with E-state index >= 15 is 0 Å². The number of hydrogen-bond donors (Lipinski definition) is 1. The number of amides is 1. The number of pyridine rings is 1. The summed E-state index contributed by atoms with van der Waals surface area (Å²) in [5.41, 5.74) is 1.85. The Hall–Kier alpha value is -1.58. The zero-order valence-electron chi connectivity index (χ0n) is 9.58. The van der Waals surface area contributed by atoms with Crippen molar-refractivity contribution >= 4 is 34.8 Å². The number of halogens is 2. The van der Waals surface area contributed by atoms with Gasteiger partial charge in [0.1, 0.15) is 0 Å². The molecule has 1 aromatic carbocycles. The molecular formula is C13H10Cl2N2O. The minimum atomic E-state index is -0.237. The third-order valence-corrected chi connectivity index (χ3v) is 3.28. The first-order valence-corrected chi connectivity index (χ1v) is 6.01. The summed E-state index contributed by atoms with van der Waals surface area (Å²) in [6.07, 6.45) is 3.20. The normalized spacial score (nSPS) is 10.2. The van der Waals surface area contributed by atoms with Crippen LogP contribution in [0.4, 0.5) is 5.69 Å². The Morgan fingerprint density at radius 1 is 1.28 bits per heavy atom. The molecule has 0 aliphatic carbocycles.